The minimum Gasteiger partial charge on any atom is -0.480 e. The second-order valence-electron chi connectivity index (χ2n) is 5.86. The molecule has 0 bridgehead atoms. The van der Waals surface area contributed by atoms with Crippen molar-refractivity contribution in [1.29, 1.82) is 0 Å². The highest BCUT2D eigenvalue weighted by Gasteiger charge is 2.33. The average Bonchev–Trinajstić information content (AvgIpc) is 2.34. The van der Waals surface area contributed by atoms with Gasteiger partial charge >= 0.3 is 12.0 Å². The maximum absolute atomic E-state index is 12.4. The SMILES string of the molecule is COC1CCN(C(=O)N(CC(=O)O)C(C)(C)C)CC1. The molecule has 6 heteroatoms. The molecular weight excluding hydrogens is 248 g/mol. The van der Waals surface area contributed by atoms with Crippen molar-refractivity contribution in [3.8, 4) is 0 Å². The zero-order chi connectivity index (χ0) is 14.6. The van der Waals surface area contributed by atoms with Crippen LogP contribution in [0.3, 0.4) is 0 Å². The summed E-state index contributed by atoms with van der Waals surface area (Å²) in [6, 6.07) is -0.204. The Morgan fingerprint density at radius 1 is 1.32 bits per heavy atom. The van der Waals surface area contributed by atoms with E-state index in [0.29, 0.717) is 13.1 Å². The number of piperidine rings is 1. The standard InChI is InChI=1S/C13H24N2O4/c1-13(2,3)15(9-11(16)17)12(18)14-7-5-10(19-4)6-8-14/h10H,5-9H2,1-4H3,(H,16,17). The highest BCUT2D eigenvalue weighted by atomic mass is 16.5. The van der Waals surface area contributed by atoms with E-state index in [1.807, 2.05) is 20.8 Å². The Balaban J connectivity index is 2.70. The van der Waals surface area contributed by atoms with Gasteiger partial charge in [0.1, 0.15) is 6.54 Å². The van der Waals surface area contributed by atoms with E-state index in [1.165, 1.54) is 4.90 Å². The first kappa shape index (κ1) is 15.8. The van der Waals surface area contributed by atoms with E-state index >= 15 is 0 Å². The lowest BCUT2D eigenvalue weighted by Gasteiger charge is -2.40. The number of ether oxygens (including phenoxy) is 1. The lowest BCUT2D eigenvalue weighted by molar-refractivity contribution is -0.138. The summed E-state index contributed by atoms with van der Waals surface area (Å²) in [5.41, 5.74) is -0.506. The molecule has 0 radical (unpaired) electrons. The van der Waals surface area contributed by atoms with Gasteiger partial charge in [0.2, 0.25) is 0 Å². The number of rotatable bonds is 3. The zero-order valence-electron chi connectivity index (χ0n) is 12.2. The minimum atomic E-state index is -0.991. The van der Waals surface area contributed by atoms with Crippen LogP contribution in [0.15, 0.2) is 0 Å². The second-order valence-corrected chi connectivity index (χ2v) is 5.86. The number of carboxylic acids is 1. The minimum absolute atomic E-state index is 0.201. The van der Waals surface area contributed by atoms with E-state index < -0.39 is 11.5 Å². The topological polar surface area (TPSA) is 70.1 Å². The molecule has 0 atom stereocenters. The van der Waals surface area contributed by atoms with Crippen molar-refractivity contribution < 1.29 is 19.4 Å². The molecule has 0 aromatic carbocycles. The number of methoxy groups -OCH3 is 1. The van der Waals surface area contributed by atoms with Crippen molar-refractivity contribution in [1.82, 2.24) is 9.80 Å². The van der Waals surface area contributed by atoms with Crippen molar-refractivity contribution in [3.63, 3.8) is 0 Å². The molecule has 0 aliphatic carbocycles. The number of likely N-dealkylation sites (tertiary alicyclic amines) is 1. The maximum Gasteiger partial charge on any atom is 0.323 e. The van der Waals surface area contributed by atoms with Crippen LogP contribution in [0.4, 0.5) is 4.79 Å². The van der Waals surface area contributed by atoms with Crippen LogP contribution in [0.5, 0.6) is 0 Å². The highest BCUT2D eigenvalue weighted by molar-refractivity contribution is 5.81. The summed E-state index contributed by atoms with van der Waals surface area (Å²) in [4.78, 5) is 26.4. The van der Waals surface area contributed by atoms with Gasteiger partial charge in [0.15, 0.2) is 0 Å². The van der Waals surface area contributed by atoms with Gasteiger partial charge in [0.05, 0.1) is 6.10 Å². The highest BCUT2D eigenvalue weighted by Crippen LogP contribution is 2.19. The van der Waals surface area contributed by atoms with E-state index in [0.717, 1.165) is 12.8 Å². The third-order valence-electron chi connectivity index (χ3n) is 3.38. The van der Waals surface area contributed by atoms with Crippen LogP contribution in [0.25, 0.3) is 0 Å². The van der Waals surface area contributed by atoms with Gasteiger partial charge in [-0.05, 0) is 33.6 Å². The molecule has 1 rings (SSSR count). The number of carbonyl (C=O) groups excluding carboxylic acids is 1. The summed E-state index contributed by atoms with van der Waals surface area (Å²) in [5, 5.41) is 8.94. The van der Waals surface area contributed by atoms with Gasteiger partial charge in [0.25, 0.3) is 0 Å². The van der Waals surface area contributed by atoms with Gasteiger partial charge in [0, 0.05) is 25.7 Å². The molecule has 1 saturated heterocycles. The van der Waals surface area contributed by atoms with Crippen molar-refractivity contribution in [2.45, 2.75) is 45.3 Å². The normalized spacial score (nSPS) is 17.4. The average molecular weight is 272 g/mol. The first-order valence-corrected chi connectivity index (χ1v) is 6.57. The predicted octanol–water partition coefficient (Wildman–Crippen LogP) is 1.40. The van der Waals surface area contributed by atoms with Crippen molar-refractivity contribution in [3.05, 3.63) is 0 Å². The third-order valence-corrected chi connectivity index (χ3v) is 3.38. The lowest BCUT2D eigenvalue weighted by atomic mass is 10.1. The molecule has 0 spiro atoms. The lowest BCUT2D eigenvalue weighted by Crippen LogP contribution is -2.55. The van der Waals surface area contributed by atoms with Crippen LogP contribution in [0.1, 0.15) is 33.6 Å². The number of carbonyl (C=O) groups is 2. The first-order valence-electron chi connectivity index (χ1n) is 6.57. The zero-order valence-corrected chi connectivity index (χ0v) is 12.2. The van der Waals surface area contributed by atoms with Gasteiger partial charge in [-0.15, -0.1) is 0 Å². The number of hydrogen-bond donors (Lipinski definition) is 1. The smallest absolute Gasteiger partial charge is 0.323 e. The fraction of sp³-hybridized carbons (Fsp3) is 0.846. The van der Waals surface area contributed by atoms with Gasteiger partial charge in [-0.1, -0.05) is 0 Å². The molecule has 1 heterocycles. The molecule has 2 amide bonds. The summed E-state index contributed by atoms with van der Waals surface area (Å²) < 4.78 is 5.27. The van der Waals surface area contributed by atoms with Crippen molar-refractivity contribution >= 4 is 12.0 Å². The number of amides is 2. The number of aliphatic carboxylic acids is 1. The Morgan fingerprint density at radius 3 is 2.21 bits per heavy atom. The fourth-order valence-corrected chi connectivity index (χ4v) is 2.18. The molecule has 1 fully saturated rings. The summed E-state index contributed by atoms with van der Waals surface area (Å²) in [6.07, 6.45) is 1.80. The Hall–Kier alpha value is -1.30. The van der Waals surface area contributed by atoms with E-state index in [9.17, 15) is 9.59 Å². The first-order chi connectivity index (χ1) is 8.75. The Morgan fingerprint density at radius 2 is 1.84 bits per heavy atom. The summed E-state index contributed by atoms with van der Waals surface area (Å²) in [7, 11) is 1.67. The van der Waals surface area contributed by atoms with Crippen LogP contribution in [-0.2, 0) is 9.53 Å². The molecular formula is C13H24N2O4. The van der Waals surface area contributed by atoms with Gasteiger partial charge in [-0.2, -0.15) is 0 Å². The molecule has 19 heavy (non-hydrogen) atoms. The Kier molecular flexibility index (Phi) is 5.17. The molecule has 0 aromatic rings. The summed E-state index contributed by atoms with van der Waals surface area (Å²) in [6.45, 7) is 6.49. The maximum atomic E-state index is 12.4. The van der Waals surface area contributed by atoms with E-state index in [4.69, 9.17) is 9.84 Å². The van der Waals surface area contributed by atoms with E-state index in [-0.39, 0.29) is 18.7 Å². The van der Waals surface area contributed by atoms with Crippen LogP contribution >= 0.6 is 0 Å². The molecule has 0 aromatic heterocycles. The van der Waals surface area contributed by atoms with Crippen molar-refractivity contribution in [2.24, 2.45) is 0 Å². The molecule has 0 saturated carbocycles. The number of hydrogen-bond acceptors (Lipinski definition) is 3. The van der Waals surface area contributed by atoms with Crippen LogP contribution in [0.2, 0.25) is 0 Å². The number of urea groups is 1. The van der Waals surface area contributed by atoms with Gasteiger partial charge in [-0.3, -0.25) is 4.79 Å². The van der Waals surface area contributed by atoms with Crippen LogP contribution < -0.4 is 0 Å². The summed E-state index contributed by atoms with van der Waals surface area (Å²) in [5.74, 6) is -0.991. The van der Waals surface area contributed by atoms with E-state index in [2.05, 4.69) is 0 Å². The quantitative estimate of drug-likeness (QED) is 0.843. The molecule has 0 unspecified atom stereocenters. The molecule has 1 N–H and O–H groups in total. The largest absolute Gasteiger partial charge is 0.480 e. The fourth-order valence-electron chi connectivity index (χ4n) is 2.18. The Bertz CT molecular complexity index is 330. The number of carboxylic acid groups (broad SMARTS) is 1. The molecule has 110 valence electrons. The molecule has 6 nitrogen and oxygen atoms in total. The molecule has 1 aliphatic heterocycles. The predicted molar refractivity (Wildman–Crippen MR) is 71.1 cm³/mol. The van der Waals surface area contributed by atoms with Crippen molar-refractivity contribution in [2.75, 3.05) is 26.7 Å². The molecule has 1 aliphatic rings. The van der Waals surface area contributed by atoms with E-state index in [1.54, 1.807) is 12.0 Å². The van der Waals surface area contributed by atoms with Gasteiger partial charge < -0.3 is 19.6 Å². The number of nitrogens with zero attached hydrogens (tertiary/aromatic N) is 2. The Labute approximate surface area is 114 Å². The third kappa shape index (κ3) is 4.38. The van der Waals surface area contributed by atoms with Crippen LogP contribution in [-0.4, -0.2) is 65.3 Å². The monoisotopic (exact) mass is 272 g/mol. The summed E-state index contributed by atoms with van der Waals surface area (Å²) >= 11 is 0. The van der Waals surface area contributed by atoms with Gasteiger partial charge in [-0.25, -0.2) is 4.79 Å². The van der Waals surface area contributed by atoms with Crippen LogP contribution in [0, 0.1) is 0 Å². The second kappa shape index (κ2) is 6.23.